The molecule has 0 saturated carbocycles. The van der Waals surface area contributed by atoms with Gasteiger partial charge in [0.25, 0.3) is 0 Å². The Bertz CT molecular complexity index is 1920. The van der Waals surface area contributed by atoms with E-state index in [0.717, 1.165) is 28.3 Å². The zero-order valence-electron chi connectivity index (χ0n) is 23.8. The summed E-state index contributed by atoms with van der Waals surface area (Å²) in [5.74, 6) is 1.25. The first-order chi connectivity index (χ1) is 21.2. The molecule has 1 aromatic heterocycles. The molecule has 0 spiro atoms. The fraction of sp³-hybridized carbons (Fsp3) is 0.0526. The maximum Gasteiger partial charge on any atom is 0.0673 e. The van der Waals surface area contributed by atoms with Gasteiger partial charge in [-0.3, -0.25) is 4.98 Å². The van der Waals surface area contributed by atoms with Gasteiger partial charge >= 0.3 is 0 Å². The van der Waals surface area contributed by atoms with E-state index in [1.54, 1.807) is 11.8 Å². The molecule has 2 aliphatic rings. The molecule has 6 heteroatoms. The molecule has 0 atom stereocenters. The van der Waals surface area contributed by atoms with E-state index in [9.17, 15) is 0 Å². The van der Waals surface area contributed by atoms with Crippen molar-refractivity contribution in [3.8, 4) is 11.5 Å². The second-order valence-corrected chi connectivity index (χ2v) is 11.7. The van der Waals surface area contributed by atoms with E-state index < -0.39 is 5.41 Å². The zero-order valence-corrected chi connectivity index (χ0v) is 26.8. The van der Waals surface area contributed by atoms with Crippen molar-refractivity contribution < 1.29 is 25.8 Å². The molecule has 0 fully saturated rings. The second kappa shape index (κ2) is 11.6. The number of fused-ring (bicyclic) bond motifs is 3. The van der Waals surface area contributed by atoms with Gasteiger partial charge in [-0.05, 0) is 54.6 Å². The first kappa shape index (κ1) is 28.5. The molecule has 0 aliphatic carbocycles. The Morgan fingerprint density at radius 3 is 2.05 bits per heavy atom. The fourth-order valence-corrected chi connectivity index (χ4v) is 7.41. The van der Waals surface area contributed by atoms with E-state index >= 15 is 0 Å². The molecular weight excluding hydrogens is 742 g/mol. The third-order valence-electron chi connectivity index (χ3n) is 8.07. The van der Waals surface area contributed by atoms with E-state index in [2.05, 4.69) is 127 Å². The summed E-state index contributed by atoms with van der Waals surface area (Å²) in [4.78, 5) is 11.6. The molecule has 0 radical (unpaired) electrons. The smallest absolute Gasteiger partial charge is 0.0673 e. The first-order valence-electron chi connectivity index (χ1n) is 14.2. The van der Waals surface area contributed by atoms with Crippen LogP contribution in [0.3, 0.4) is 0 Å². The van der Waals surface area contributed by atoms with Gasteiger partial charge in [-0.25, -0.2) is 0 Å². The Hall–Kier alpha value is -4.31. The van der Waals surface area contributed by atoms with Crippen LogP contribution in [0, 0.1) is 18.8 Å². The number of pyridine rings is 1. The molecule has 0 saturated heterocycles. The number of aromatic nitrogens is 1. The van der Waals surface area contributed by atoms with Gasteiger partial charge in [-0.15, -0.1) is 41.6 Å². The van der Waals surface area contributed by atoms with E-state index in [1.165, 1.54) is 20.9 Å². The van der Waals surface area contributed by atoms with E-state index in [-0.39, 0.29) is 21.1 Å². The summed E-state index contributed by atoms with van der Waals surface area (Å²) in [6.45, 7) is 2.07. The Balaban J connectivity index is 0.00000312. The third-order valence-corrected chi connectivity index (χ3v) is 9.22. The van der Waals surface area contributed by atoms with E-state index in [4.69, 9.17) is 9.72 Å². The Labute approximate surface area is 276 Å². The summed E-state index contributed by atoms with van der Waals surface area (Å²) in [5.41, 5.74) is 6.80. The standard InChI is InChI=1S/C38H26N3OS.Pt/c1-40-26-41(34-19-5-4-18-33(34)40)28-13-11-15-30(25-28)42-29-14-10-12-27(24-29)38(37-22-8-9-23-39-37)31-16-2-6-20-35(31)43-36-21-7-3-17-32(36)38;/h2-23,26H,1H3;/q-3;. The largest absolute Gasteiger partial charge is 0.509 e. The Kier molecular flexibility index (Phi) is 7.53. The molecule has 5 aromatic carbocycles. The van der Waals surface area contributed by atoms with E-state index in [0.29, 0.717) is 11.5 Å². The molecule has 6 aromatic rings. The monoisotopic (exact) mass is 767 g/mol. The molecule has 3 heterocycles. The first-order valence-corrected chi connectivity index (χ1v) is 15.0. The minimum Gasteiger partial charge on any atom is -0.509 e. The second-order valence-electron chi connectivity index (χ2n) is 10.6. The van der Waals surface area contributed by atoms with Gasteiger partial charge in [0.05, 0.1) is 11.1 Å². The zero-order chi connectivity index (χ0) is 28.8. The topological polar surface area (TPSA) is 28.6 Å². The molecule has 218 valence electrons. The maximum atomic E-state index is 6.49. The van der Waals surface area contributed by atoms with Gasteiger partial charge in [-0.1, -0.05) is 66.4 Å². The number of benzene rings is 5. The van der Waals surface area contributed by atoms with Crippen molar-refractivity contribution in [1.82, 2.24) is 4.98 Å². The summed E-state index contributed by atoms with van der Waals surface area (Å²) >= 11 is 1.80. The summed E-state index contributed by atoms with van der Waals surface area (Å²) in [6, 6.07) is 51.0. The number of nitrogens with zero attached hydrogens (tertiary/aromatic N) is 3. The quantitative estimate of drug-likeness (QED) is 0.163. The predicted octanol–water partition coefficient (Wildman–Crippen LogP) is 9.03. The number of anilines is 3. The predicted molar refractivity (Wildman–Crippen MR) is 172 cm³/mol. The van der Waals surface area contributed by atoms with Crippen molar-refractivity contribution >= 4 is 28.8 Å². The van der Waals surface area contributed by atoms with Gasteiger partial charge in [0.1, 0.15) is 0 Å². The third kappa shape index (κ3) is 4.63. The van der Waals surface area contributed by atoms with Crippen LogP contribution in [0.2, 0.25) is 0 Å². The minimum atomic E-state index is -0.663. The van der Waals surface area contributed by atoms with Crippen molar-refractivity contribution in [3.05, 3.63) is 175 Å². The van der Waals surface area contributed by atoms with Crippen molar-refractivity contribution in [1.29, 1.82) is 0 Å². The van der Waals surface area contributed by atoms with Gasteiger partial charge in [0.2, 0.25) is 0 Å². The van der Waals surface area contributed by atoms with Crippen LogP contribution in [0.25, 0.3) is 0 Å². The van der Waals surface area contributed by atoms with Crippen molar-refractivity contribution in [2.75, 3.05) is 16.8 Å². The molecule has 2 aliphatic heterocycles. The van der Waals surface area contributed by atoms with Crippen LogP contribution in [0.15, 0.2) is 143 Å². The van der Waals surface area contributed by atoms with Gasteiger partial charge in [0.15, 0.2) is 0 Å². The maximum absolute atomic E-state index is 6.49. The van der Waals surface area contributed by atoms with Gasteiger partial charge in [-0.2, -0.15) is 24.9 Å². The van der Waals surface area contributed by atoms with Crippen LogP contribution >= 0.6 is 11.8 Å². The SMILES string of the molecule is CN1[CH-]N(c2[c-]c(Oc3[c-]c(C4(c5ccccn5)c5ccccc5Sc5ccccc54)ccc3)ccc2)c2ccccc21.[Pt]. The summed E-state index contributed by atoms with van der Waals surface area (Å²) in [5, 5.41) is 0. The van der Waals surface area contributed by atoms with Crippen molar-refractivity contribution in [2.45, 2.75) is 15.2 Å². The number of hydrogen-bond acceptors (Lipinski definition) is 5. The Morgan fingerprint density at radius 1 is 0.682 bits per heavy atom. The number of para-hydroxylation sites is 2. The van der Waals surface area contributed by atoms with Crippen LogP contribution in [-0.2, 0) is 26.5 Å². The van der Waals surface area contributed by atoms with Crippen LogP contribution in [0.5, 0.6) is 11.5 Å². The van der Waals surface area contributed by atoms with Crippen LogP contribution < -0.4 is 14.5 Å². The number of ether oxygens (including phenoxy) is 1. The Morgan fingerprint density at radius 2 is 1.32 bits per heavy atom. The molecular formula is C38H26N3OPtS-3. The summed E-state index contributed by atoms with van der Waals surface area (Å²) in [7, 11) is 2.05. The van der Waals surface area contributed by atoms with Crippen LogP contribution in [-0.4, -0.2) is 12.0 Å². The van der Waals surface area contributed by atoms with Gasteiger partial charge < -0.3 is 14.5 Å². The van der Waals surface area contributed by atoms with Crippen molar-refractivity contribution in [3.63, 3.8) is 0 Å². The molecule has 0 N–H and O–H groups in total. The molecule has 0 amide bonds. The molecule has 44 heavy (non-hydrogen) atoms. The summed E-state index contributed by atoms with van der Waals surface area (Å²) in [6.07, 6.45) is 1.87. The molecule has 4 nitrogen and oxygen atoms in total. The number of rotatable bonds is 5. The van der Waals surface area contributed by atoms with Crippen LogP contribution in [0.1, 0.15) is 22.4 Å². The van der Waals surface area contributed by atoms with Gasteiger partial charge in [0, 0.05) is 59.9 Å². The average Bonchev–Trinajstić information content (AvgIpc) is 3.40. The average molecular weight is 768 g/mol. The van der Waals surface area contributed by atoms with Crippen LogP contribution in [0.4, 0.5) is 17.1 Å². The number of hydrogen-bond donors (Lipinski definition) is 0. The summed E-state index contributed by atoms with van der Waals surface area (Å²) < 4.78 is 6.49. The fourth-order valence-electron chi connectivity index (χ4n) is 6.22. The molecule has 0 unspecified atom stereocenters. The van der Waals surface area contributed by atoms with E-state index in [1.807, 2.05) is 42.6 Å². The normalized spacial score (nSPS) is 14.2. The minimum absolute atomic E-state index is 0. The molecule has 0 bridgehead atoms. The van der Waals surface area contributed by atoms with Crippen molar-refractivity contribution in [2.24, 2.45) is 0 Å². The molecule has 8 rings (SSSR count).